The van der Waals surface area contributed by atoms with Gasteiger partial charge in [-0.1, -0.05) is 0 Å². The summed E-state index contributed by atoms with van der Waals surface area (Å²) in [4.78, 5) is 9.84. The molecule has 0 aromatic heterocycles. The topological polar surface area (TPSA) is 37.3 Å². The summed E-state index contributed by atoms with van der Waals surface area (Å²) in [7, 11) is 0. The number of thioether (sulfide) groups is 1. The van der Waals surface area contributed by atoms with Gasteiger partial charge >= 0.3 is 0 Å². The van der Waals surface area contributed by atoms with E-state index in [1.54, 1.807) is 11.8 Å². The molecule has 0 radical (unpaired) electrons. The molecule has 1 N–H and O–H groups in total. The number of carbonyl (C=O) groups excluding carboxylic acids is 1. The van der Waals surface area contributed by atoms with Gasteiger partial charge in [-0.15, -0.1) is 0 Å². The third kappa shape index (κ3) is 1.03. The highest BCUT2D eigenvalue weighted by Gasteiger charge is 2.34. The summed E-state index contributed by atoms with van der Waals surface area (Å²) in [5, 5.41) is 9.16. The Morgan fingerprint density at radius 1 is 1.75 bits per heavy atom. The average molecular weight is 132 g/mol. The minimum atomic E-state index is -0.633. The van der Waals surface area contributed by atoms with Gasteiger partial charge in [0.2, 0.25) is 0 Å². The van der Waals surface area contributed by atoms with Crippen LogP contribution >= 0.6 is 11.8 Å². The molecule has 46 valence electrons. The van der Waals surface area contributed by atoms with Crippen molar-refractivity contribution in [3.05, 3.63) is 0 Å². The number of rotatable bonds is 2. The molecule has 0 bridgehead atoms. The molecule has 0 unspecified atom stereocenters. The van der Waals surface area contributed by atoms with Crippen molar-refractivity contribution in [1.29, 1.82) is 0 Å². The second-order valence-corrected chi connectivity index (χ2v) is 3.07. The van der Waals surface area contributed by atoms with Crippen molar-refractivity contribution in [3.8, 4) is 0 Å². The average Bonchev–Trinajstić information content (AvgIpc) is 1.64. The quantitative estimate of drug-likeness (QED) is 0.539. The molecule has 1 rings (SSSR count). The Hall–Kier alpha value is -0.0200. The summed E-state index contributed by atoms with van der Waals surface area (Å²) in [6, 6.07) is 0. The summed E-state index contributed by atoms with van der Waals surface area (Å²) >= 11 is 1.68. The fraction of sp³-hybridized carbons (Fsp3) is 0.800. The standard InChI is InChI=1S/C5H8O2S/c6-2-1-5(7)3-8-4-5/h2,7H,1,3-4H2. The fourth-order valence-electron chi connectivity index (χ4n) is 0.611. The molecule has 1 aliphatic heterocycles. The first-order valence-electron chi connectivity index (χ1n) is 2.51. The Morgan fingerprint density at radius 2 is 2.38 bits per heavy atom. The molecule has 1 aliphatic rings. The monoisotopic (exact) mass is 132 g/mol. The van der Waals surface area contributed by atoms with E-state index >= 15 is 0 Å². The molecular weight excluding hydrogens is 124 g/mol. The molecule has 0 aliphatic carbocycles. The molecule has 0 amide bonds. The Morgan fingerprint density at radius 3 is 2.50 bits per heavy atom. The van der Waals surface area contributed by atoms with Crippen LogP contribution in [0.5, 0.6) is 0 Å². The van der Waals surface area contributed by atoms with E-state index in [4.69, 9.17) is 5.11 Å². The molecule has 0 aromatic carbocycles. The highest BCUT2D eigenvalue weighted by atomic mass is 32.2. The SMILES string of the molecule is O=CCC1(O)CSC1. The molecule has 8 heavy (non-hydrogen) atoms. The molecule has 1 heterocycles. The van der Waals surface area contributed by atoms with Gasteiger partial charge in [0, 0.05) is 17.9 Å². The smallest absolute Gasteiger partial charge is 0.122 e. The van der Waals surface area contributed by atoms with Crippen LogP contribution in [0.2, 0.25) is 0 Å². The lowest BCUT2D eigenvalue weighted by Crippen LogP contribution is -2.43. The predicted octanol–water partition coefficient (Wildman–Crippen LogP) is 0.0533. The van der Waals surface area contributed by atoms with Gasteiger partial charge in [0.15, 0.2) is 0 Å². The van der Waals surface area contributed by atoms with Gasteiger partial charge in [0.1, 0.15) is 6.29 Å². The first kappa shape index (κ1) is 6.11. The predicted molar refractivity (Wildman–Crippen MR) is 33.0 cm³/mol. The molecule has 2 nitrogen and oxygen atoms in total. The first-order chi connectivity index (χ1) is 3.77. The maximum absolute atomic E-state index is 9.84. The van der Waals surface area contributed by atoms with E-state index in [0.29, 0.717) is 6.42 Å². The lowest BCUT2D eigenvalue weighted by atomic mass is 10.1. The normalized spacial score (nSPS) is 24.1. The van der Waals surface area contributed by atoms with E-state index < -0.39 is 5.60 Å². The van der Waals surface area contributed by atoms with Gasteiger partial charge < -0.3 is 9.90 Å². The van der Waals surface area contributed by atoms with Crippen molar-refractivity contribution in [2.45, 2.75) is 12.0 Å². The van der Waals surface area contributed by atoms with Gasteiger partial charge in [0.05, 0.1) is 5.60 Å². The van der Waals surface area contributed by atoms with Crippen molar-refractivity contribution in [1.82, 2.24) is 0 Å². The van der Waals surface area contributed by atoms with Crippen LogP contribution in [0.4, 0.5) is 0 Å². The zero-order chi connectivity index (χ0) is 6.04. The van der Waals surface area contributed by atoms with Crippen molar-refractivity contribution in [2.24, 2.45) is 0 Å². The molecule has 1 saturated heterocycles. The van der Waals surface area contributed by atoms with Crippen LogP contribution in [-0.2, 0) is 4.79 Å². The highest BCUT2D eigenvalue weighted by molar-refractivity contribution is 8.00. The number of aliphatic hydroxyl groups is 1. The molecule has 0 saturated carbocycles. The number of carbonyl (C=O) groups is 1. The summed E-state index contributed by atoms with van der Waals surface area (Å²) < 4.78 is 0. The van der Waals surface area contributed by atoms with Gasteiger partial charge in [0.25, 0.3) is 0 Å². The first-order valence-corrected chi connectivity index (χ1v) is 3.66. The summed E-state index contributed by atoms with van der Waals surface area (Å²) in [6.45, 7) is 0. The van der Waals surface area contributed by atoms with Crippen LogP contribution in [0.15, 0.2) is 0 Å². The van der Waals surface area contributed by atoms with Gasteiger partial charge in [-0.2, -0.15) is 11.8 Å². The van der Waals surface area contributed by atoms with Crippen LogP contribution in [0, 0.1) is 0 Å². The molecular formula is C5H8O2S. The van der Waals surface area contributed by atoms with Crippen LogP contribution < -0.4 is 0 Å². The van der Waals surface area contributed by atoms with E-state index in [-0.39, 0.29) is 0 Å². The van der Waals surface area contributed by atoms with Gasteiger partial charge in [-0.3, -0.25) is 0 Å². The van der Waals surface area contributed by atoms with Crippen LogP contribution in [0.25, 0.3) is 0 Å². The third-order valence-corrected chi connectivity index (χ3v) is 2.69. The molecule has 0 atom stereocenters. The maximum Gasteiger partial charge on any atom is 0.122 e. The summed E-state index contributed by atoms with van der Waals surface area (Å²) in [6.07, 6.45) is 1.08. The fourth-order valence-corrected chi connectivity index (χ4v) is 1.52. The number of hydrogen-bond acceptors (Lipinski definition) is 3. The zero-order valence-electron chi connectivity index (χ0n) is 4.46. The Balaban J connectivity index is 2.29. The number of hydrogen-bond donors (Lipinski definition) is 1. The lowest BCUT2D eigenvalue weighted by Gasteiger charge is -2.33. The number of aldehydes is 1. The van der Waals surface area contributed by atoms with Crippen LogP contribution in [0.1, 0.15) is 6.42 Å². The van der Waals surface area contributed by atoms with Gasteiger partial charge in [-0.05, 0) is 0 Å². The van der Waals surface area contributed by atoms with Crippen LogP contribution in [0.3, 0.4) is 0 Å². The molecule has 3 heteroatoms. The lowest BCUT2D eigenvalue weighted by molar-refractivity contribution is -0.111. The highest BCUT2D eigenvalue weighted by Crippen LogP contribution is 2.30. The van der Waals surface area contributed by atoms with Gasteiger partial charge in [-0.25, -0.2) is 0 Å². The van der Waals surface area contributed by atoms with Crippen molar-refractivity contribution in [2.75, 3.05) is 11.5 Å². The van der Waals surface area contributed by atoms with E-state index in [1.165, 1.54) is 0 Å². The van der Waals surface area contributed by atoms with Crippen molar-refractivity contribution < 1.29 is 9.90 Å². The summed E-state index contributed by atoms with van der Waals surface area (Å²) in [5.41, 5.74) is -0.633. The van der Waals surface area contributed by atoms with Crippen molar-refractivity contribution in [3.63, 3.8) is 0 Å². The Labute approximate surface area is 52.3 Å². The maximum atomic E-state index is 9.84. The third-order valence-electron chi connectivity index (χ3n) is 1.20. The van der Waals surface area contributed by atoms with E-state index in [1.807, 2.05) is 0 Å². The second-order valence-electron chi connectivity index (χ2n) is 2.09. The molecule has 0 spiro atoms. The molecule has 1 fully saturated rings. The van der Waals surface area contributed by atoms with E-state index in [0.717, 1.165) is 17.8 Å². The molecule has 0 aromatic rings. The van der Waals surface area contributed by atoms with Crippen LogP contribution in [-0.4, -0.2) is 28.5 Å². The Bertz CT molecular complexity index is 98.6. The zero-order valence-corrected chi connectivity index (χ0v) is 5.28. The van der Waals surface area contributed by atoms with Crippen molar-refractivity contribution >= 4 is 18.0 Å². The summed E-state index contributed by atoms with van der Waals surface area (Å²) in [5.74, 6) is 1.46. The van der Waals surface area contributed by atoms with E-state index in [2.05, 4.69) is 0 Å². The minimum absolute atomic E-state index is 0.306. The second kappa shape index (κ2) is 2.07. The largest absolute Gasteiger partial charge is 0.388 e. The van der Waals surface area contributed by atoms with E-state index in [9.17, 15) is 4.79 Å². The minimum Gasteiger partial charge on any atom is -0.388 e. The Kier molecular flexibility index (Phi) is 1.58.